The smallest absolute Gasteiger partial charge is 0.252 e. The summed E-state index contributed by atoms with van der Waals surface area (Å²) in [7, 11) is 0. The highest BCUT2D eigenvalue weighted by atomic mass is 19.1. The van der Waals surface area contributed by atoms with Crippen molar-refractivity contribution in [2.24, 2.45) is 0 Å². The van der Waals surface area contributed by atoms with Gasteiger partial charge < -0.3 is 14.8 Å². The van der Waals surface area contributed by atoms with E-state index in [1.54, 1.807) is 36.4 Å². The lowest BCUT2D eigenvalue weighted by Gasteiger charge is -2.20. The van der Waals surface area contributed by atoms with E-state index < -0.39 is 6.04 Å². The molecule has 2 aromatic rings. The second-order valence-corrected chi connectivity index (χ2v) is 6.48. The van der Waals surface area contributed by atoms with Crippen LogP contribution in [0.5, 0.6) is 11.5 Å². The van der Waals surface area contributed by atoms with Crippen LogP contribution in [0.2, 0.25) is 0 Å². The number of nitrogens with zero attached hydrogens (tertiary/aromatic N) is 1. The minimum Gasteiger partial charge on any atom is -0.486 e. The van der Waals surface area contributed by atoms with Gasteiger partial charge in [0.05, 0.1) is 6.42 Å². The Morgan fingerprint density at radius 3 is 2.67 bits per heavy atom. The minimum atomic E-state index is -0.638. The van der Waals surface area contributed by atoms with Gasteiger partial charge in [-0.25, -0.2) is 4.39 Å². The zero-order valence-corrected chi connectivity index (χ0v) is 14.6. The molecule has 7 heteroatoms. The monoisotopic (exact) mass is 370 g/mol. The Labute approximate surface area is 155 Å². The molecule has 2 amide bonds. The van der Waals surface area contributed by atoms with Gasteiger partial charge in [-0.1, -0.05) is 18.2 Å². The number of likely N-dealkylation sites (tertiary alicyclic amines) is 1. The first kappa shape index (κ1) is 17.3. The van der Waals surface area contributed by atoms with Crippen LogP contribution >= 0.6 is 0 Å². The maximum Gasteiger partial charge on any atom is 0.252 e. The van der Waals surface area contributed by atoms with Crippen LogP contribution < -0.4 is 14.8 Å². The summed E-state index contributed by atoms with van der Waals surface area (Å²) in [5.41, 5.74) is 1.17. The van der Waals surface area contributed by atoms with Gasteiger partial charge in [0.15, 0.2) is 11.5 Å². The third-order valence-corrected chi connectivity index (χ3v) is 4.69. The van der Waals surface area contributed by atoms with Crippen LogP contribution in [0.4, 0.5) is 10.1 Å². The number of halogens is 1. The number of hydrogen-bond acceptors (Lipinski definition) is 5. The molecule has 4 rings (SSSR count). The summed E-state index contributed by atoms with van der Waals surface area (Å²) in [6.45, 7) is 1.14. The number of fused-ring (bicyclic) bond motifs is 1. The fraction of sp³-hybridized carbons (Fsp3) is 0.300. The quantitative estimate of drug-likeness (QED) is 0.819. The number of ether oxygens (including phenoxy) is 2. The molecule has 1 saturated heterocycles. The number of carbonyl (C=O) groups is 2. The third-order valence-electron chi connectivity index (χ3n) is 4.69. The van der Waals surface area contributed by atoms with E-state index in [0.717, 1.165) is 0 Å². The Hall–Kier alpha value is -3.09. The first-order valence-electron chi connectivity index (χ1n) is 8.85. The molecule has 2 aromatic carbocycles. The standard InChI is InChI=1S/C20H19FN2O4/c21-15-4-2-1-3-13(15)7-8-23-19(24)12-16(20(23)25)22-14-5-6-17-18(11-14)27-10-9-26-17/h1-6,11,16,22H,7-10,12H2/t16-/m0/s1. The normalized spacial score (nSPS) is 18.7. The molecular formula is C20H19FN2O4. The van der Waals surface area contributed by atoms with Crippen LogP contribution in [0, 0.1) is 5.82 Å². The molecule has 27 heavy (non-hydrogen) atoms. The van der Waals surface area contributed by atoms with Crippen LogP contribution in [-0.2, 0) is 16.0 Å². The molecular weight excluding hydrogens is 351 g/mol. The predicted octanol–water partition coefficient (Wildman–Crippen LogP) is 2.38. The molecule has 2 aliphatic rings. The van der Waals surface area contributed by atoms with Gasteiger partial charge in [0.25, 0.3) is 5.91 Å². The van der Waals surface area contributed by atoms with Crippen LogP contribution in [0.3, 0.4) is 0 Å². The van der Waals surface area contributed by atoms with Gasteiger partial charge in [-0.05, 0) is 30.2 Å². The summed E-state index contributed by atoms with van der Waals surface area (Å²) in [6.07, 6.45) is 0.367. The summed E-state index contributed by atoms with van der Waals surface area (Å²) in [5.74, 6) is 0.381. The summed E-state index contributed by atoms with van der Waals surface area (Å²) in [6, 6.07) is 11.0. The molecule has 0 unspecified atom stereocenters. The number of nitrogens with one attached hydrogen (secondary N) is 1. The van der Waals surface area contributed by atoms with Crippen molar-refractivity contribution < 1.29 is 23.5 Å². The van der Waals surface area contributed by atoms with Crippen LogP contribution in [0.1, 0.15) is 12.0 Å². The summed E-state index contributed by atoms with van der Waals surface area (Å²) in [4.78, 5) is 26.1. The number of rotatable bonds is 5. The fourth-order valence-corrected chi connectivity index (χ4v) is 3.30. The van der Waals surface area contributed by atoms with E-state index in [1.165, 1.54) is 11.0 Å². The minimum absolute atomic E-state index is 0.0740. The lowest BCUT2D eigenvalue weighted by Crippen LogP contribution is -2.36. The number of hydrogen-bond donors (Lipinski definition) is 1. The van der Waals surface area contributed by atoms with Gasteiger partial charge >= 0.3 is 0 Å². The molecule has 0 spiro atoms. The lowest BCUT2D eigenvalue weighted by molar-refractivity contribution is -0.138. The highest BCUT2D eigenvalue weighted by Crippen LogP contribution is 2.33. The Kier molecular flexibility index (Phi) is 4.66. The van der Waals surface area contributed by atoms with Crippen molar-refractivity contribution in [1.82, 2.24) is 4.90 Å². The molecule has 6 nitrogen and oxygen atoms in total. The molecule has 1 atom stereocenters. The second kappa shape index (κ2) is 7.26. The summed E-state index contributed by atoms with van der Waals surface area (Å²) < 4.78 is 24.7. The molecule has 1 fully saturated rings. The molecule has 0 aromatic heterocycles. The zero-order chi connectivity index (χ0) is 18.8. The van der Waals surface area contributed by atoms with Crippen LogP contribution in [-0.4, -0.2) is 42.5 Å². The second-order valence-electron chi connectivity index (χ2n) is 6.48. The van der Waals surface area contributed by atoms with E-state index in [9.17, 15) is 14.0 Å². The van der Waals surface area contributed by atoms with Gasteiger partial charge in [-0.15, -0.1) is 0 Å². The average molecular weight is 370 g/mol. The first-order chi connectivity index (χ1) is 13.1. The lowest BCUT2D eigenvalue weighted by atomic mass is 10.1. The van der Waals surface area contributed by atoms with Gasteiger partial charge in [0.1, 0.15) is 25.1 Å². The maximum absolute atomic E-state index is 13.7. The van der Waals surface area contributed by atoms with E-state index >= 15 is 0 Å². The van der Waals surface area contributed by atoms with E-state index in [-0.39, 0.29) is 30.6 Å². The molecule has 140 valence electrons. The zero-order valence-electron chi connectivity index (χ0n) is 14.6. The average Bonchev–Trinajstić information content (AvgIpc) is 2.94. The predicted molar refractivity (Wildman–Crippen MR) is 96.3 cm³/mol. The van der Waals surface area contributed by atoms with Crippen molar-refractivity contribution in [2.45, 2.75) is 18.9 Å². The van der Waals surface area contributed by atoms with Crippen LogP contribution in [0.15, 0.2) is 42.5 Å². The largest absolute Gasteiger partial charge is 0.486 e. The van der Waals surface area contributed by atoms with Gasteiger partial charge in [-0.3, -0.25) is 14.5 Å². The van der Waals surface area contributed by atoms with E-state index in [0.29, 0.717) is 42.4 Å². The molecule has 1 N–H and O–H groups in total. The van der Waals surface area contributed by atoms with Gasteiger partial charge in [-0.2, -0.15) is 0 Å². The molecule has 0 aliphatic carbocycles. The van der Waals surface area contributed by atoms with Crippen molar-refractivity contribution in [1.29, 1.82) is 0 Å². The maximum atomic E-state index is 13.7. The van der Waals surface area contributed by atoms with Gasteiger partial charge in [0, 0.05) is 18.3 Å². The van der Waals surface area contributed by atoms with Crippen molar-refractivity contribution in [3.05, 3.63) is 53.8 Å². The van der Waals surface area contributed by atoms with E-state index in [2.05, 4.69) is 5.32 Å². The molecule has 2 aliphatic heterocycles. The first-order valence-corrected chi connectivity index (χ1v) is 8.85. The van der Waals surface area contributed by atoms with Crippen LogP contribution in [0.25, 0.3) is 0 Å². The highest BCUT2D eigenvalue weighted by molar-refractivity contribution is 6.06. The number of carbonyl (C=O) groups excluding carboxylic acids is 2. The number of amides is 2. The Morgan fingerprint density at radius 1 is 1.07 bits per heavy atom. The number of imide groups is 1. The number of benzene rings is 2. The van der Waals surface area contributed by atoms with Crippen molar-refractivity contribution >= 4 is 17.5 Å². The van der Waals surface area contributed by atoms with Crippen molar-refractivity contribution in [3.8, 4) is 11.5 Å². The Morgan fingerprint density at radius 2 is 1.85 bits per heavy atom. The van der Waals surface area contributed by atoms with Crippen molar-refractivity contribution in [3.63, 3.8) is 0 Å². The van der Waals surface area contributed by atoms with E-state index in [1.807, 2.05) is 0 Å². The van der Waals surface area contributed by atoms with Crippen molar-refractivity contribution in [2.75, 3.05) is 25.1 Å². The molecule has 0 radical (unpaired) electrons. The molecule has 2 heterocycles. The molecule has 0 saturated carbocycles. The summed E-state index contributed by atoms with van der Waals surface area (Å²) in [5, 5.41) is 3.09. The van der Waals surface area contributed by atoms with Gasteiger partial charge in [0.2, 0.25) is 5.91 Å². The molecule has 0 bridgehead atoms. The topological polar surface area (TPSA) is 67.9 Å². The third kappa shape index (κ3) is 3.58. The summed E-state index contributed by atoms with van der Waals surface area (Å²) >= 11 is 0. The Balaban J connectivity index is 1.41. The number of anilines is 1. The highest BCUT2D eigenvalue weighted by Gasteiger charge is 2.38. The van der Waals surface area contributed by atoms with E-state index in [4.69, 9.17) is 9.47 Å². The fourth-order valence-electron chi connectivity index (χ4n) is 3.30. The Bertz CT molecular complexity index is 886. The SMILES string of the molecule is O=C1C[C@H](Nc2ccc3c(c2)OCCO3)C(=O)N1CCc1ccccc1F.